The molecule has 4 heteroatoms. The van der Waals surface area contributed by atoms with Crippen LogP contribution in [0.15, 0.2) is 18.2 Å². The van der Waals surface area contributed by atoms with Crippen LogP contribution in [0.4, 0.5) is 15.8 Å². The van der Waals surface area contributed by atoms with Gasteiger partial charge in [-0.25, -0.2) is 4.39 Å². The molecular weight excluding hydrogens is 207 g/mol. The van der Waals surface area contributed by atoms with E-state index in [-0.39, 0.29) is 17.8 Å². The molecule has 0 aliphatic heterocycles. The van der Waals surface area contributed by atoms with Crippen molar-refractivity contribution < 1.29 is 9.50 Å². The molecule has 0 saturated heterocycles. The summed E-state index contributed by atoms with van der Waals surface area (Å²) in [6.07, 6.45) is 3.00. The second-order valence-corrected chi connectivity index (χ2v) is 4.57. The predicted octanol–water partition coefficient (Wildman–Crippen LogP) is 1.98. The molecule has 0 unspecified atom stereocenters. The Balaban J connectivity index is 1.94. The monoisotopic (exact) mass is 224 g/mol. The maximum absolute atomic E-state index is 13.4. The number of nitrogens with two attached hydrogens (primary N) is 1. The first kappa shape index (κ1) is 11.2. The number of aliphatic hydroxyl groups excluding tert-OH is 1. The van der Waals surface area contributed by atoms with E-state index in [1.165, 1.54) is 6.07 Å². The highest BCUT2D eigenvalue weighted by Gasteiger charge is 2.41. The minimum Gasteiger partial charge on any atom is -0.399 e. The first-order valence-electron chi connectivity index (χ1n) is 5.55. The maximum Gasteiger partial charge on any atom is 0.148 e. The smallest absolute Gasteiger partial charge is 0.148 e. The SMILES string of the molecule is Nc1ccc(NCC2(CCO)CC2)c(F)c1. The molecule has 88 valence electrons. The number of nitrogens with one attached hydrogen (secondary N) is 1. The molecule has 1 aromatic carbocycles. The summed E-state index contributed by atoms with van der Waals surface area (Å²) in [5.74, 6) is -0.320. The number of rotatable bonds is 5. The van der Waals surface area contributed by atoms with Crippen LogP contribution in [-0.2, 0) is 0 Å². The average Bonchev–Trinajstić information content (AvgIpc) is 2.98. The van der Waals surface area contributed by atoms with Crippen LogP contribution >= 0.6 is 0 Å². The number of hydrogen-bond acceptors (Lipinski definition) is 3. The van der Waals surface area contributed by atoms with Crippen molar-refractivity contribution >= 4 is 11.4 Å². The highest BCUT2D eigenvalue weighted by Crippen LogP contribution is 2.48. The lowest BCUT2D eigenvalue weighted by Gasteiger charge is -2.16. The molecule has 0 amide bonds. The van der Waals surface area contributed by atoms with Gasteiger partial charge in [0.15, 0.2) is 0 Å². The standard InChI is InChI=1S/C12H17FN2O/c13-10-7-9(14)1-2-11(10)15-8-12(3-4-12)5-6-16/h1-2,7,15-16H,3-6,8,14H2. The number of nitrogen functional groups attached to an aromatic ring is 1. The minimum absolute atomic E-state index is 0.183. The third kappa shape index (κ3) is 2.44. The summed E-state index contributed by atoms with van der Waals surface area (Å²) in [7, 11) is 0. The lowest BCUT2D eigenvalue weighted by molar-refractivity contribution is 0.253. The molecule has 1 aliphatic rings. The van der Waals surface area contributed by atoms with Gasteiger partial charge in [0.25, 0.3) is 0 Å². The number of benzene rings is 1. The summed E-state index contributed by atoms with van der Waals surface area (Å²) in [6, 6.07) is 4.64. The molecule has 4 N–H and O–H groups in total. The third-order valence-corrected chi connectivity index (χ3v) is 3.25. The summed E-state index contributed by atoms with van der Waals surface area (Å²) >= 11 is 0. The van der Waals surface area contributed by atoms with Crippen LogP contribution in [0, 0.1) is 11.2 Å². The number of halogens is 1. The van der Waals surface area contributed by atoms with Crippen LogP contribution in [0.1, 0.15) is 19.3 Å². The zero-order chi connectivity index (χ0) is 11.6. The lowest BCUT2D eigenvalue weighted by Crippen LogP contribution is -2.17. The van der Waals surface area contributed by atoms with E-state index in [9.17, 15) is 4.39 Å². The van der Waals surface area contributed by atoms with E-state index in [2.05, 4.69) is 5.32 Å². The van der Waals surface area contributed by atoms with Crippen molar-refractivity contribution in [1.82, 2.24) is 0 Å². The summed E-state index contributed by atoms with van der Waals surface area (Å²) in [5.41, 5.74) is 6.57. The summed E-state index contributed by atoms with van der Waals surface area (Å²) in [4.78, 5) is 0. The van der Waals surface area contributed by atoms with E-state index in [1.54, 1.807) is 12.1 Å². The van der Waals surface area contributed by atoms with Gasteiger partial charge in [-0.15, -0.1) is 0 Å². The van der Waals surface area contributed by atoms with Gasteiger partial charge >= 0.3 is 0 Å². The molecule has 3 nitrogen and oxygen atoms in total. The van der Waals surface area contributed by atoms with Crippen LogP contribution in [0.25, 0.3) is 0 Å². The second-order valence-electron chi connectivity index (χ2n) is 4.57. The normalized spacial score (nSPS) is 17.1. The van der Waals surface area contributed by atoms with Gasteiger partial charge in [0.2, 0.25) is 0 Å². The van der Waals surface area contributed by atoms with E-state index in [0.29, 0.717) is 17.9 Å². The van der Waals surface area contributed by atoms with Crippen LogP contribution < -0.4 is 11.1 Å². The molecule has 16 heavy (non-hydrogen) atoms. The van der Waals surface area contributed by atoms with Gasteiger partial charge in [0, 0.05) is 18.8 Å². The van der Waals surface area contributed by atoms with Crippen molar-refractivity contribution in [2.75, 3.05) is 24.2 Å². The Morgan fingerprint density at radius 1 is 1.44 bits per heavy atom. The molecule has 0 spiro atoms. The number of aliphatic hydroxyl groups is 1. The number of hydrogen-bond donors (Lipinski definition) is 3. The van der Waals surface area contributed by atoms with E-state index < -0.39 is 0 Å². The Hall–Kier alpha value is -1.29. The molecule has 2 rings (SSSR count). The van der Waals surface area contributed by atoms with Gasteiger partial charge in [-0.2, -0.15) is 0 Å². The fraction of sp³-hybridized carbons (Fsp3) is 0.500. The number of anilines is 2. The topological polar surface area (TPSA) is 58.3 Å². The van der Waals surface area contributed by atoms with E-state index >= 15 is 0 Å². The first-order chi connectivity index (χ1) is 7.65. The molecule has 1 saturated carbocycles. The zero-order valence-electron chi connectivity index (χ0n) is 9.17. The molecule has 0 radical (unpaired) electrons. The molecule has 0 heterocycles. The molecule has 1 aliphatic carbocycles. The van der Waals surface area contributed by atoms with Crippen molar-refractivity contribution in [1.29, 1.82) is 0 Å². The summed E-state index contributed by atoms with van der Waals surface area (Å²) < 4.78 is 13.4. The lowest BCUT2D eigenvalue weighted by atomic mass is 10.0. The molecule has 0 bridgehead atoms. The van der Waals surface area contributed by atoms with E-state index in [0.717, 1.165) is 19.3 Å². The molecule has 0 atom stereocenters. The summed E-state index contributed by atoms with van der Waals surface area (Å²) in [6.45, 7) is 0.917. The van der Waals surface area contributed by atoms with Crippen molar-refractivity contribution in [3.8, 4) is 0 Å². The predicted molar refractivity (Wildman–Crippen MR) is 62.7 cm³/mol. The molecule has 1 aromatic rings. The van der Waals surface area contributed by atoms with Crippen molar-refractivity contribution in [2.45, 2.75) is 19.3 Å². The van der Waals surface area contributed by atoms with Crippen LogP contribution in [0.2, 0.25) is 0 Å². The zero-order valence-corrected chi connectivity index (χ0v) is 9.17. The largest absolute Gasteiger partial charge is 0.399 e. The van der Waals surface area contributed by atoms with Crippen LogP contribution in [0.5, 0.6) is 0 Å². The Morgan fingerprint density at radius 3 is 2.75 bits per heavy atom. The van der Waals surface area contributed by atoms with Crippen molar-refractivity contribution in [3.05, 3.63) is 24.0 Å². The molecule has 1 fully saturated rings. The molecule has 0 aromatic heterocycles. The Morgan fingerprint density at radius 2 is 2.19 bits per heavy atom. The van der Waals surface area contributed by atoms with Gasteiger partial charge in [-0.3, -0.25) is 0 Å². The second kappa shape index (κ2) is 4.29. The van der Waals surface area contributed by atoms with Crippen LogP contribution in [-0.4, -0.2) is 18.3 Å². The minimum atomic E-state index is -0.320. The van der Waals surface area contributed by atoms with Gasteiger partial charge in [0.1, 0.15) is 5.82 Å². The van der Waals surface area contributed by atoms with E-state index in [1.807, 2.05) is 0 Å². The Bertz CT molecular complexity index is 377. The Kier molecular flexibility index (Phi) is 3.01. The highest BCUT2D eigenvalue weighted by molar-refractivity contribution is 5.52. The van der Waals surface area contributed by atoms with Gasteiger partial charge < -0.3 is 16.2 Å². The van der Waals surface area contributed by atoms with Crippen molar-refractivity contribution in [3.63, 3.8) is 0 Å². The molecular formula is C12H17FN2O. The fourth-order valence-electron chi connectivity index (χ4n) is 1.89. The van der Waals surface area contributed by atoms with Crippen molar-refractivity contribution in [2.24, 2.45) is 5.41 Å². The van der Waals surface area contributed by atoms with Gasteiger partial charge in [-0.1, -0.05) is 0 Å². The van der Waals surface area contributed by atoms with E-state index in [4.69, 9.17) is 10.8 Å². The fourth-order valence-corrected chi connectivity index (χ4v) is 1.89. The third-order valence-electron chi connectivity index (χ3n) is 3.25. The Labute approximate surface area is 94.5 Å². The highest BCUT2D eigenvalue weighted by atomic mass is 19.1. The first-order valence-corrected chi connectivity index (χ1v) is 5.55. The van der Waals surface area contributed by atoms with Gasteiger partial charge in [-0.05, 0) is 42.9 Å². The van der Waals surface area contributed by atoms with Gasteiger partial charge in [0.05, 0.1) is 5.69 Å². The maximum atomic E-state index is 13.4. The quantitative estimate of drug-likeness (QED) is 0.670. The van der Waals surface area contributed by atoms with Crippen LogP contribution in [0.3, 0.4) is 0 Å². The summed E-state index contributed by atoms with van der Waals surface area (Å²) in [5, 5.41) is 12.0. The average molecular weight is 224 g/mol.